The van der Waals surface area contributed by atoms with Gasteiger partial charge in [0, 0.05) is 16.0 Å². The first kappa shape index (κ1) is 21.5. The van der Waals surface area contributed by atoms with E-state index >= 15 is 0 Å². The topological polar surface area (TPSA) is 95.5 Å². The average molecular weight is 425 g/mol. The van der Waals surface area contributed by atoms with E-state index in [0.29, 0.717) is 22.5 Å². The van der Waals surface area contributed by atoms with Crippen molar-refractivity contribution in [3.05, 3.63) is 64.5 Å². The summed E-state index contributed by atoms with van der Waals surface area (Å²) in [5.41, 5.74) is 1.61. The highest BCUT2D eigenvalue weighted by Gasteiger charge is 2.22. The molecule has 3 N–H and O–H groups in total. The normalized spacial score (nSPS) is 12.0. The summed E-state index contributed by atoms with van der Waals surface area (Å²) in [4.78, 5) is 37.3. The fourth-order valence-corrected chi connectivity index (χ4v) is 4.07. The Bertz CT molecular complexity index is 1070. The summed E-state index contributed by atoms with van der Waals surface area (Å²) in [6.07, 6.45) is 0.336. The standard InChI is InChI=1S/C23H24N2O4S/c1-13(2)10-18(23(28)29)25-21(26)16-9-8-14(3)17(11-16)24-22(27)20-12-15-6-4-5-7-19(15)30-20/h4-9,11-13,18H,10H2,1-3H3,(H,24,27)(H,25,26)(H,28,29). The lowest BCUT2D eigenvalue weighted by Crippen LogP contribution is -2.41. The molecule has 156 valence electrons. The highest BCUT2D eigenvalue weighted by atomic mass is 32.1. The van der Waals surface area contributed by atoms with Gasteiger partial charge in [0.05, 0.1) is 4.88 Å². The van der Waals surface area contributed by atoms with Crippen molar-refractivity contribution >= 4 is 44.9 Å². The quantitative estimate of drug-likeness (QED) is 0.513. The van der Waals surface area contributed by atoms with E-state index < -0.39 is 17.9 Å². The second-order valence-corrected chi connectivity index (χ2v) is 8.71. The molecule has 0 aliphatic heterocycles. The van der Waals surface area contributed by atoms with Crippen molar-refractivity contribution in [2.75, 3.05) is 5.32 Å². The van der Waals surface area contributed by atoms with Crippen LogP contribution in [0.3, 0.4) is 0 Å². The number of thiophene rings is 1. The number of aryl methyl sites for hydroxylation is 1. The molecule has 0 aliphatic carbocycles. The molecule has 0 fully saturated rings. The maximum absolute atomic E-state index is 12.7. The highest BCUT2D eigenvalue weighted by molar-refractivity contribution is 7.20. The van der Waals surface area contributed by atoms with E-state index in [9.17, 15) is 19.5 Å². The molecule has 0 aliphatic rings. The lowest BCUT2D eigenvalue weighted by atomic mass is 10.0. The lowest BCUT2D eigenvalue weighted by molar-refractivity contribution is -0.139. The van der Waals surface area contributed by atoms with Crippen LogP contribution in [0.2, 0.25) is 0 Å². The molecule has 1 aromatic heterocycles. The van der Waals surface area contributed by atoms with Gasteiger partial charge >= 0.3 is 5.97 Å². The lowest BCUT2D eigenvalue weighted by Gasteiger charge is -2.17. The molecule has 1 unspecified atom stereocenters. The van der Waals surface area contributed by atoms with Gasteiger partial charge in [0.25, 0.3) is 11.8 Å². The average Bonchev–Trinajstić information content (AvgIpc) is 3.13. The fourth-order valence-electron chi connectivity index (χ4n) is 3.11. The third-order valence-corrected chi connectivity index (χ3v) is 5.82. The number of benzene rings is 2. The first-order valence-electron chi connectivity index (χ1n) is 9.69. The van der Waals surface area contributed by atoms with Crippen LogP contribution in [0.4, 0.5) is 5.69 Å². The fraction of sp³-hybridized carbons (Fsp3) is 0.261. The van der Waals surface area contributed by atoms with E-state index in [4.69, 9.17) is 0 Å². The Kier molecular flexibility index (Phi) is 6.52. The molecule has 6 nitrogen and oxygen atoms in total. The van der Waals surface area contributed by atoms with Crippen LogP contribution in [0.1, 0.15) is 45.9 Å². The Hall–Kier alpha value is -3.19. The number of carbonyl (C=O) groups excluding carboxylic acids is 2. The maximum Gasteiger partial charge on any atom is 0.326 e. The number of amides is 2. The molecule has 0 saturated carbocycles. The molecule has 2 aromatic carbocycles. The van der Waals surface area contributed by atoms with Crippen LogP contribution in [0, 0.1) is 12.8 Å². The summed E-state index contributed by atoms with van der Waals surface area (Å²) in [7, 11) is 0. The first-order chi connectivity index (χ1) is 14.2. The summed E-state index contributed by atoms with van der Waals surface area (Å²) in [6, 6.07) is 13.6. The van der Waals surface area contributed by atoms with Crippen molar-refractivity contribution in [3.8, 4) is 0 Å². The van der Waals surface area contributed by atoms with Crippen LogP contribution in [0.5, 0.6) is 0 Å². The minimum atomic E-state index is -1.07. The van der Waals surface area contributed by atoms with E-state index in [1.165, 1.54) is 11.3 Å². The van der Waals surface area contributed by atoms with Gasteiger partial charge in [-0.05, 0) is 54.5 Å². The third kappa shape index (κ3) is 5.04. The van der Waals surface area contributed by atoms with Gasteiger partial charge in [0.2, 0.25) is 0 Å². The molecule has 0 radical (unpaired) electrons. The predicted octanol–water partition coefficient (Wildman–Crippen LogP) is 4.69. The Morgan fingerprint density at radius 1 is 1.03 bits per heavy atom. The molecule has 2 amide bonds. The molecule has 7 heteroatoms. The van der Waals surface area contributed by atoms with Crippen molar-refractivity contribution in [1.29, 1.82) is 0 Å². The molecule has 0 spiro atoms. The Balaban J connectivity index is 1.78. The van der Waals surface area contributed by atoms with Crippen LogP contribution >= 0.6 is 11.3 Å². The van der Waals surface area contributed by atoms with Crippen molar-refractivity contribution in [2.24, 2.45) is 5.92 Å². The van der Waals surface area contributed by atoms with Gasteiger partial charge < -0.3 is 15.7 Å². The summed E-state index contributed by atoms with van der Waals surface area (Å²) in [5, 5.41) is 15.8. The largest absolute Gasteiger partial charge is 0.480 e. The molecule has 0 bridgehead atoms. The van der Waals surface area contributed by atoms with Gasteiger partial charge in [0.15, 0.2) is 0 Å². The van der Waals surface area contributed by atoms with Crippen molar-refractivity contribution in [2.45, 2.75) is 33.2 Å². The molecule has 3 aromatic rings. The number of carboxylic acid groups (broad SMARTS) is 1. The van der Waals surface area contributed by atoms with Crippen molar-refractivity contribution in [1.82, 2.24) is 5.32 Å². The zero-order valence-corrected chi connectivity index (χ0v) is 17.9. The molecule has 1 heterocycles. The number of fused-ring (bicyclic) bond motifs is 1. The number of carbonyl (C=O) groups is 3. The number of aliphatic carboxylic acids is 1. The number of carboxylic acids is 1. The zero-order chi connectivity index (χ0) is 21.8. The molecule has 0 saturated heterocycles. The first-order valence-corrected chi connectivity index (χ1v) is 10.5. The predicted molar refractivity (Wildman–Crippen MR) is 119 cm³/mol. The maximum atomic E-state index is 12.7. The number of hydrogen-bond donors (Lipinski definition) is 3. The second-order valence-electron chi connectivity index (χ2n) is 7.63. The molecular formula is C23H24N2O4S. The molecule has 1 atom stereocenters. The zero-order valence-electron chi connectivity index (χ0n) is 17.1. The minimum Gasteiger partial charge on any atom is -0.480 e. The van der Waals surface area contributed by atoms with Gasteiger partial charge in [-0.1, -0.05) is 38.1 Å². The van der Waals surface area contributed by atoms with Crippen LogP contribution in [0.25, 0.3) is 10.1 Å². The van der Waals surface area contributed by atoms with Crippen LogP contribution in [-0.4, -0.2) is 28.9 Å². The third-order valence-electron chi connectivity index (χ3n) is 4.71. The Labute approximate surface area is 178 Å². The summed E-state index contributed by atoms with van der Waals surface area (Å²) >= 11 is 1.40. The number of hydrogen-bond acceptors (Lipinski definition) is 4. The molecular weight excluding hydrogens is 400 g/mol. The second kappa shape index (κ2) is 9.09. The molecule has 30 heavy (non-hydrogen) atoms. The summed E-state index contributed by atoms with van der Waals surface area (Å²) in [5.74, 6) is -1.68. The van der Waals surface area contributed by atoms with Gasteiger partial charge in [0.1, 0.15) is 6.04 Å². The monoisotopic (exact) mass is 424 g/mol. The summed E-state index contributed by atoms with van der Waals surface area (Å²) in [6.45, 7) is 5.63. The van der Waals surface area contributed by atoms with Crippen LogP contribution in [0.15, 0.2) is 48.5 Å². The van der Waals surface area contributed by atoms with Gasteiger partial charge in [-0.3, -0.25) is 9.59 Å². The van der Waals surface area contributed by atoms with E-state index in [2.05, 4.69) is 10.6 Å². The van der Waals surface area contributed by atoms with Crippen molar-refractivity contribution in [3.63, 3.8) is 0 Å². The minimum absolute atomic E-state index is 0.126. The van der Waals surface area contributed by atoms with E-state index in [-0.39, 0.29) is 11.8 Å². The molecule has 3 rings (SSSR count). The van der Waals surface area contributed by atoms with E-state index in [1.807, 2.05) is 51.1 Å². The SMILES string of the molecule is Cc1ccc(C(=O)NC(CC(C)C)C(=O)O)cc1NC(=O)c1cc2ccccc2s1. The van der Waals surface area contributed by atoms with Crippen LogP contribution in [-0.2, 0) is 4.79 Å². The number of nitrogens with one attached hydrogen (secondary N) is 2. The number of anilines is 1. The van der Waals surface area contributed by atoms with E-state index in [1.54, 1.807) is 18.2 Å². The van der Waals surface area contributed by atoms with Gasteiger partial charge in [-0.2, -0.15) is 0 Å². The van der Waals surface area contributed by atoms with E-state index in [0.717, 1.165) is 15.6 Å². The van der Waals surface area contributed by atoms with Gasteiger partial charge in [-0.25, -0.2) is 4.79 Å². The van der Waals surface area contributed by atoms with Gasteiger partial charge in [-0.15, -0.1) is 11.3 Å². The highest BCUT2D eigenvalue weighted by Crippen LogP contribution is 2.26. The summed E-state index contributed by atoms with van der Waals surface area (Å²) < 4.78 is 1.03. The Morgan fingerprint density at radius 2 is 1.77 bits per heavy atom. The smallest absolute Gasteiger partial charge is 0.326 e. The number of rotatable bonds is 7. The Morgan fingerprint density at radius 3 is 2.43 bits per heavy atom. The van der Waals surface area contributed by atoms with Crippen molar-refractivity contribution < 1.29 is 19.5 Å². The van der Waals surface area contributed by atoms with Crippen LogP contribution < -0.4 is 10.6 Å².